The number of aromatic amines is 1. The summed E-state index contributed by atoms with van der Waals surface area (Å²) in [6.07, 6.45) is 2.30. The number of nitrogens with one attached hydrogen (secondary N) is 1. The second-order valence-electron chi connectivity index (χ2n) is 5.47. The maximum absolute atomic E-state index is 12.5. The summed E-state index contributed by atoms with van der Waals surface area (Å²) >= 11 is 6.04. The van der Waals surface area contributed by atoms with Gasteiger partial charge in [-0.1, -0.05) is 41.9 Å². The van der Waals surface area contributed by atoms with Gasteiger partial charge in [0, 0.05) is 19.6 Å². The van der Waals surface area contributed by atoms with Crippen LogP contribution >= 0.6 is 11.6 Å². The van der Waals surface area contributed by atoms with E-state index in [-0.39, 0.29) is 17.5 Å². The minimum absolute atomic E-state index is 0.0164. The zero-order chi connectivity index (χ0) is 16.2. The predicted molar refractivity (Wildman–Crippen MR) is 88.6 cm³/mol. The Morgan fingerprint density at radius 2 is 1.96 bits per heavy atom. The first-order chi connectivity index (χ1) is 11.1. The van der Waals surface area contributed by atoms with Crippen molar-refractivity contribution in [3.05, 3.63) is 57.5 Å². The number of H-pyrrole nitrogens is 1. The Morgan fingerprint density at radius 1 is 1.17 bits per heavy atom. The van der Waals surface area contributed by atoms with Gasteiger partial charge in [0.05, 0.1) is 18.4 Å². The third-order valence-corrected chi connectivity index (χ3v) is 4.23. The largest absolute Gasteiger partial charge is 0.359 e. The van der Waals surface area contributed by atoms with E-state index in [0.29, 0.717) is 25.3 Å². The van der Waals surface area contributed by atoms with E-state index in [9.17, 15) is 9.59 Å². The molecule has 0 saturated carbocycles. The number of halogens is 1. The molecule has 7 heteroatoms. The molecule has 23 heavy (non-hydrogen) atoms. The fraction of sp³-hybridized carbons (Fsp3) is 0.312. The molecule has 0 bridgehead atoms. The van der Waals surface area contributed by atoms with Gasteiger partial charge in [-0.2, -0.15) is 5.10 Å². The zero-order valence-corrected chi connectivity index (χ0v) is 13.3. The van der Waals surface area contributed by atoms with E-state index < -0.39 is 5.56 Å². The molecule has 0 atom stereocenters. The zero-order valence-electron chi connectivity index (χ0n) is 12.5. The van der Waals surface area contributed by atoms with Gasteiger partial charge in [-0.3, -0.25) is 9.59 Å². The fourth-order valence-electron chi connectivity index (χ4n) is 2.69. The Hall–Kier alpha value is -2.34. The summed E-state index contributed by atoms with van der Waals surface area (Å²) in [5.74, 6) is 0.0164. The topological polar surface area (TPSA) is 69.3 Å². The average Bonchev–Trinajstić information content (AvgIpc) is 2.73. The van der Waals surface area contributed by atoms with E-state index in [1.807, 2.05) is 40.1 Å². The van der Waals surface area contributed by atoms with Gasteiger partial charge in [0.15, 0.2) is 0 Å². The molecule has 1 fully saturated rings. The number of nitrogens with zero attached hydrogens (tertiary/aromatic N) is 3. The minimum Gasteiger partial charge on any atom is -0.359 e. The molecule has 2 aromatic rings. The van der Waals surface area contributed by atoms with E-state index in [1.54, 1.807) is 0 Å². The lowest BCUT2D eigenvalue weighted by Gasteiger charge is -2.23. The fourth-order valence-corrected chi connectivity index (χ4v) is 2.90. The highest BCUT2D eigenvalue weighted by Gasteiger charge is 2.24. The number of carbonyl (C=O) groups excluding carboxylic acids is 1. The van der Waals surface area contributed by atoms with Crippen LogP contribution in [-0.2, 0) is 11.3 Å². The quantitative estimate of drug-likeness (QED) is 0.928. The molecule has 0 spiro atoms. The Balaban J connectivity index is 1.76. The number of anilines is 1. The summed E-state index contributed by atoms with van der Waals surface area (Å²) in [5.41, 5.74) is 1.16. The summed E-state index contributed by atoms with van der Waals surface area (Å²) in [6, 6.07) is 9.90. The Bertz CT molecular complexity index is 747. The lowest BCUT2D eigenvalue weighted by atomic mass is 10.2. The van der Waals surface area contributed by atoms with Crippen LogP contribution in [0.15, 0.2) is 41.3 Å². The molecule has 3 rings (SSSR count). The highest BCUT2D eigenvalue weighted by atomic mass is 35.5. The molecule has 1 aliphatic heterocycles. The average molecular weight is 333 g/mol. The molecule has 1 amide bonds. The summed E-state index contributed by atoms with van der Waals surface area (Å²) in [5, 5.41) is 6.14. The van der Waals surface area contributed by atoms with Crippen molar-refractivity contribution in [2.24, 2.45) is 0 Å². The minimum atomic E-state index is -0.443. The summed E-state index contributed by atoms with van der Waals surface area (Å²) in [6.45, 7) is 2.12. The Labute approximate surface area is 138 Å². The molecule has 0 radical (unpaired) electrons. The first-order valence-electron chi connectivity index (χ1n) is 7.45. The SMILES string of the molecule is O=C1CN(c2cn[nH]c(=O)c2Cl)CCCN1Cc1ccccc1. The maximum atomic E-state index is 12.5. The van der Waals surface area contributed by atoms with Crippen molar-refractivity contribution >= 4 is 23.2 Å². The van der Waals surface area contributed by atoms with Gasteiger partial charge in [-0.15, -0.1) is 0 Å². The number of hydrogen-bond donors (Lipinski definition) is 1. The lowest BCUT2D eigenvalue weighted by Crippen LogP contribution is -2.37. The van der Waals surface area contributed by atoms with Gasteiger partial charge >= 0.3 is 0 Å². The van der Waals surface area contributed by atoms with Crippen molar-refractivity contribution in [1.29, 1.82) is 0 Å². The molecular weight excluding hydrogens is 316 g/mol. The first-order valence-corrected chi connectivity index (χ1v) is 7.83. The molecule has 1 saturated heterocycles. The predicted octanol–water partition coefficient (Wildman–Crippen LogP) is 1.66. The highest BCUT2D eigenvalue weighted by molar-refractivity contribution is 6.33. The molecule has 120 valence electrons. The van der Waals surface area contributed by atoms with Crippen LogP contribution in [-0.4, -0.2) is 40.6 Å². The maximum Gasteiger partial charge on any atom is 0.285 e. The van der Waals surface area contributed by atoms with E-state index in [0.717, 1.165) is 12.0 Å². The number of benzene rings is 1. The van der Waals surface area contributed by atoms with Gasteiger partial charge in [0.25, 0.3) is 5.56 Å². The molecule has 1 aromatic heterocycles. The molecule has 1 aromatic carbocycles. The van der Waals surface area contributed by atoms with Crippen LogP contribution in [0.5, 0.6) is 0 Å². The van der Waals surface area contributed by atoms with Crippen LogP contribution in [0.25, 0.3) is 0 Å². The third-order valence-electron chi connectivity index (χ3n) is 3.87. The molecule has 0 aliphatic carbocycles. The Morgan fingerprint density at radius 3 is 2.74 bits per heavy atom. The second kappa shape index (κ2) is 6.83. The van der Waals surface area contributed by atoms with Crippen molar-refractivity contribution < 1.29 is 4.79 Å². The molecular formula is C16H17ClN4O2. The van der Waals surface area contributed by atoms with Crippen LogP contribution in [0.4, 0.5) is 5.69 Å². The van der Waals surface area contributed by atoms with Crippen LogP contribution in [0.2, 0.25) is 5.02 Å². The highest BCUT2D eigenvalue weighted by Crippen LogP contribution is 2.22. The van der Waals surface area contributed by atoms with Crippen LogP contribution in [0.3, 0.4) is 0 Å². The molecule has 0 unspecified atom stereocenters. The van der Waals surface area contributed by atoms with Gasteiger partial charge in [0.2, 0.25) is 5.91 Å². The summed E-state index contributed by atoms with van der Waals surface area (Å²) in [7, 11) is 0. The molecule has 1 aliphatic rings. The molecule has 6 nitrogen and oxygen atoms in total. The monoisotopic (exact) mass is 332 g/mol. The summed E-state index contributed by atoms with van der Waals surface area (Å²) in [4.78, 5) is 27.8. The standard InChI is InChI=1S/C16H17ClN4O2/c17-15-13(9-18-19-16(15)23)20-7-4-8-21(14(22)11-20)10-12-5-2-1-3-6-12/h1-3,5-6,9H,4,7-8,10-11H2,(H,19,23). The number of carbonyl (C=O) groups is 1. The van der Waals surface area contributed by atoms with Crippen molar-refractivity contribution in [2.75, 3.05) is 24.5 Å². The number of hydrogen-bond acceptors (Lipinski definition) is 4. The third kappa shape index (κ3) is 3.53. The number of aromatic nitrogens is 2. The Kier molecular flexibility index (Phi) is 4.62. The number of rotatable bonds is 3. The van der Waals surface area contributed by atoms with Crippen molar-refractivity contribution in [3.8, 4) is 0 Å². The number of amides is 1. The van der Waals surface area contributed by atoms with Gasteiger partial charge in [-0.05, 0) is 12.0 Å². The van der Waals surface area contributed by atoms with Crippen LogP contribution in [0, 0.1) is 0 Å². The van der Waals surface area contributed by atoms with Crippen LogP contribution in [0.1, 0.15) is 12.0 Å². The normalized spacial score (nSPS) is 15.6. The first kappa shape index (κ1) is 15.6. The van der Waals surface area contributed by atoms with Crippen molar-refractivity contribution in [3.63, 3.8) is 0 Å². The van der Waals surface area contributed by atoms with E-state index >= 15 is 0 Å². The van der Waals surface area contributed by atoms with E-state index in [4.69, 9.17) is 11.6 Å². The van der Waals surface area contributed by atoms with Gasteiger partial charge < -0.3 is 9.80 Å². The van der Waals surface area contributed by atoms with Gasteiger partial charge in [-0.25, -0.2) is 5.10 Å². The van der Waals surface area contributed by atoms with Crippen molar-refractivity contribution in [2.45, 2.75) is 13.0 Å². The van der Waals surface area contributed by atoms with Crippen LogP contribution < -0.4 is 10.5 Å². The summed E-state index contributed by atoms with van der Waals surface area (Å²) < 4.78 is 0. The second-order valence-corrected chi connectivity index (χ2v) is 5.85. The lowest BCUT2D eigenvalue weighted by molar-refractivity contribution is -0.129. The van der Waals surface area contributed by atoms with Gasteiger partial charge in [0.1, 0.15) is 5.02 Å². The van der Waals surface area contributed by atoms with E-state index in [1.165, 1.54) is 6.20 Å². The smallest absolute Gasteiger partial charge is 0.285 e. The van der Waals surface area contributed by atoms with Crippen molar-refractivity contribution in [1.82, 2.24) is 15.1 Å². The molecule has 1 N–H and O–H groups in total. The van der Waals surface area contributed by atoms with E-state index in [2.05, 4.69) is 10.2 Å². The molecule has 2 heterocycles.